The van der Waals surface area contributed by atoms with Crippen molar-refractivity contribution in [3.8, 4) is 5.88 Å². The fraction of sp³-hybridized carbons (Fsp3) is 0.316. The Bertz CT molecular complexity index is 1010. The van der Waals surface area contributed by atoms with E-state index in [2.05, 4.69) is 21.9 Å². The molecule has 1 aliphatic rings. The molecule has 4 rings (SSSR count). The van der Waals surface area contributed by atoms with Crippen LogP contribution in [0.5, 0.6) is 5.88 Å². The van der Waals surface area contributed by atoms with E-state index in [1.807, 2.05) is 43.1 Å². The average Bonchev–Trinajstić information content (AvgIpc) is 3.36. The first kappa shape index (κ1) is 17.5. The Morgan fingerprint density at radius 1 is 1.52 bits per heavy atom. The quantitative estimate of drug-likeness (QED) is 0.685. The maximum atomic E-state index is 11.8. The van der Waals surface area contributed by atoms with Crippen molar-refractivity contribution in [1.82, 2.24) is 19.4 Å². The van der Waals surface area contributed by atoms with Gasteiger partial charge in [0, 0.05) is 43.4 Å². The lowest BCUT2D eigenvalue weighted by Gasteiger charge is -2.16. The summed E-state index contributed by atoms with van der Waals surface area (Å²) in [5.41, 5.74) is 1.02. The molecular weight excluding hydrogens is 362 g/mol. The van der Waals surface area contributed by atoms with Gasteiger partial charge in [0.05, 0.1) is 17.4 Å². The molecule has 0 aromatic carbocycles. The van der Waals surface area contributed by atoms with Gasteiger partial charge in [0.1, 0.15) is 11.9 Å². The van der Waals surface area contributed by atoms with E-state index in [1.165, 1.54) is 6.08 Å². The monoisotopic (exact) mass is 383 g/mol. The highest BCUT2D eigenvalue weighted by atomic mass is 32.1. The van der Waals surface area contributed by atoms with Crippen molar-refractivity contribution >= 4 is 39.1 Å². The fourth-order valence-corrected chi connectivity index (χ4v) is 3.89. The summed E-state index contributed by atoms with van der Waals surface area (Å²) in [6.07, 6.45) is 5.85. The second-order valence-electron chi connectivity index (χ2n) is 6.59. The summed E-state index contributed by atoms with van der Waals surface area (Å²) >= 11 is 1.58. The highest BCUT2D eigenvalue weighted by molar-refractivity contribution is 7.15. The Labute approximate surface area is 161 Å². The number of likely N-dealkylation sites (tertiary alicyclic amines) is 1. The Morgan fingerprint density at radius 2 is 2.37 bits per heavy atom. The van der Waals surface area contributed by atoms with Crippen molar-refractivity contribution in [2.45, 2.75) is 19.4 Å². The number of carbonyl (C=O) groups is 1. The zero-order valence-electron chi connectivity index (χ0n) is 15.3. The smallest absolute Gasteiger partial charge is 0.246 e. The van der Waals surface area contributed by atoms with Gasteiger partial charge in [0.25, 0.3) is 0 Å². The second kappa shape index (κ2) is 7.03. The molecule has 4 heterocycles. The largest absolute Gasteiger partial charge is 0.472 e. The second-order valence-corrected chi connectivity index (χ2v) is 7.82. The highest BCUT2D eigenvalue weighted by Gasteiger charge is 2.27. The Kier molecular flexibility index (Phi) is 4.57. The van der Waals surface area contributed by atoms with Crippen LogP contribution in [0.15, 0.2) is 37.2 Å². The normalized spacial score (nSPS) is 16.7. The van der Waals surface area contributed by atoms with E-state index in [9.17, 15) is 4.79 Å². The maximum absolute atomic E-state index is 11.8. The van der Waals surface area contributed by atoms with Crippen molar-refractivity contribution in [1.29, 1.82) is 0 Å². The van der Waals surface area contributed by atoms with Crippen molar-refractivity contribution in [3.63, 3.8) is 0 Å². The molecule has 3 aromatic rings. The number of thiazole rings is 1. The summed E-state index contributed by atoms with van der Waals surface area (Å²) < 4.78 is 8.23. The van der Waals surface area contributed by atoms with Gasteiger partial charge in [-0.1, -0.05) is 6.58 Å². The Morgan fingerprint density at radius 3 is 3.11 bits per heavy atom. The molecule has 7 nitrogen and oxygen atoms in total. The zero-order chi connectivity index (χ0) is 19.0. The van der Waals surface area contributed by atoms with Crippen molar-refractivity contribution < 1.29 is 9.53 Å². The van der Waals surface area contributed by atoms with Gasteiger partial charge in [-0.05, 0) is 19.1 Å². The Balaban J connectivity index is 1.61. The minimum absolute atomic E-state index is 0.0616. The van der Waals surface area contributed by atoms with Gasteiger partial charge in [0.2, 0.25) is 11.8 Å². The first-order valence-electron chi connectivity index (χ1n) is 8.77. The highest BCUT2D eigenvalue weighted by Crippen LogP contribution is 2.31. The number of anilines is 2. The molecule has 1 fully saturated rings. The molecule has 8 heteroatoms. The van der Waals surface area contributed by atoms with Crippen LogP contribution in [0.2, 0.25) is 0 Å². The van der Waals surface area contributed by atoms with Crippen LogP contribution in [-0.4, -0.2) is 44.5 Å². The number of hydrogen-bond donors (Lipinski definition) is 1. The molecule has 0 saturated carbocycles. The van der Waals surface area contributed by atoms with Crippen LogP contribution < -0.4 is 10.1 Å². The number of carbonyl (C=O) groups excluding carboxylic acids is 1. The van der Waals surface area contributed by atoms with Crippen molar-refractivity contribution in [3.05, 3.63) is 42.1 Å². The SMILES string of the molecule is C=CC(=O)N1CC[C@@H](Oc2nc(Nc3ncc(C)s3)cc3c2ccn3C)C1. The molecule has 0 radical (unpaired) electrons. The Hall–Kier alpha value is -2.87. The fourth-order valence-electron chi connectivity index (χ4n) is 3.22. The van der Waals surface area contributed by atoms with E-state index < -0.39 is 0 Å². The summed E-state index contributed by atoms with van der Waals surface area (Å²) in [4.78, 5) is 23.7. The molecule has 0 unspecified atom stereocenters. The molecule has 0 aliphatic carbocycles. The molecular formula is C19H21N5O2S. The lowest BCUT2D eigenvalue weighted by Crippen LogP contribution is -2.29. The third-order valence-corrected chi connectivity index (χ3v) is 5.44. The average molecular weight is 383 g/mol. The number of nitrogens with one attached hydrogen (secondary N) is 1. The molecule has 0 bridgehead atoms. The topological polar surface area (TPSA) is 72.3 Å². The minimum Gasteiger partial charge on any atom is -0.472 e. The van der Waals surface area contributed by atoms with E-state index >= 15 is 0 Å². The van der Waals surface area contributed by atoms with Crippen LogP contribution in [0.1, 0.15) is 11.3 Å². The van der Waals surface area contributed by atoms with Crippen LogP contribution in [0.3, 0.4) is 0 Å². The summed E-state index contributed by atoms with van der Waals surface area (Å²) in [5, 5.41) is 5.01. The number of nitrogens with zero attached hydrogens (tertiary/aromatic N) is 4. The number of rotatable bonds is 5. The van der Waals surface area contributed by atoms with Gasteiger partial charge in [-0.2, -0.15) is 4.98 Å². The minimum atomic E-state index is -0.0813. The standard InChI is InChI=1S/C19H21N5O2S/c1-4-17(25)24-8-5-13(11-24)26-18-14-6-7-23(3)15(14)9-16(21-18)22-19-20-10-12(2)27-19/h4,6-7,9-10,13H,1,5,8,11H2,2-3H3,(H,20,21,22)/t13-/m1/s1. The third-order valence-electron chi connectivity index (χ3n) is 4.61. The number of pyridine rings is 1. The third kappa shape index (κ3) is 3.52. The number of amides is 1. The first-order valence-corrected chi connectivity index (χ1v) is 9.58. The van der Waals surface area contributed by atoms with Crippen LogP contribution in [0.4, 0.5) is 10.9 Å². The van der Waals surface area contributed by atoms with Gasteiger partial charge in [0.15, 0.2) is 5.13 Å². The number of ether oxygens (including phenoxy) is 1. The predicted molar refractivity (Wildman–Crippen MR) is 107 cm³/mol. The van der Waals surface area contributed by atoms with Gasteiger partial charge >= 0.3 is 0 Å². The maximum Gasteiger partial charge on any atom is 0.246 e. The summed E-state index contributed by atoms with van der Waals surface area (Å²) in [5.74, 6) is 1.20. The van der Waals surface area contributed by atoms with E-state index in [-0.39, 0.29) is 12.0 Å². The number of hydrogen-bond acceptors (Lipinski definition) is 6. The van der Waals surface area contributed by atoms with E-state index in [0.29, 0.717) is 24.8 Å². The van der Waals surface area contributed by atoms with Gasteiger partial charge in [-0.25, -0.2) is 4.98 Å². The van der Waals surface area contributed by atoms with Crippen LogP contribution >= 0.6 is 11.3 Å². The molecule has 1 saturated heterocycles. The molecule has 0 spiro atoms. The molecule has 3 aromatic heterocycles. The lowest BCUT2D eigenvalue weighted by atomic mass is 10.3. The van der Waals surface area contributed by atoms with E-state index in [0.717, 1.165) is 27.3 Å². The number of aryl methyl sites for hydroxylation is 2. The van der Waals surface area contributed by atoms with Crippen LogP contribution in [-0.2, 0) is 11.8 Å². The van der Waals surface area contributed by atoms with Gasteiger partial charge < -0.3 is 19.5 Å². The molecule has 1 amide bonds. The van der Waals surface area contributed by atoms with E-state index in [1.54, 1.807) is 16.2 Å². The molecule has 1 aliphatic heterocycles. The van der Waals surface area contributed by atoms with Crippen LogP contribution in [0, 0.1) is 6.92 Å². The first-order chi connectivity index (χ1) is 13.0. The van der Waals surface area contributed by atoms with Gasteiger partial charge in [-0.3, -0.25) is 4.79 Å². The summed E-state index contributed by atoms with van der Waals surface area (Å²) in [6, 6.07) is 3.98. The summed E-state index contributed by atoms with van der Waals surface area (Å²) in [6.45, 7) is 6.78. The molecule has 140 valence electrons. The summed E-state index contributed by atoms with van der Waals surface area (Å²) in [7, 11) is 1.99. The number of aromatic nitrogens is 3. The molecule has 1 atom stereocenters. The van der Waals surface area contributed by atoms with Crippen molar-refractivity contribution in [2.75, 3.05) is 18.4 Å². The van der Waals surface area contributed by atoms with Crippen molar-refractivity contribution in [2.24, 2.45) is 7.05 Å². The van der Waals surface area contributed by atoms with Gasteiger partial charge in [-0.15, -0.1) is 11.3 Å². The molecule has 27 heavy (non-hydrogen) atoms. The lowest BCUT2D eigenvalue weighted by molar-refractivity contribution is -0.125. The zero-order valence-corrected chi connectivity index (χ0v) is 16.1. The van der Waals surface area contributed by atoms with Crippen LogP contribution in [0.25, 0.3) is 10.9 Å². The van der Waals surface area contributed by atoms with E-state index in [4.69, 9.17) is 4.74 Å². The predicted octanol–water partition coefficient (Wildman–Crippen LogP) is 3.25. The molecule has 1 N–H and O–H groups in total. The number of fused-ring (bicyclic) bond motifs is 1.